The highest BCUT2D eigenvalue weighted by molar-refractivity contribution is 6.60. The molecule has 0 aliphatic heterocycles. The van der Waals surface area contributed by atoms with Crippen molar-refractivity contribution in [3.63, 3.8) is 0 Å². The zero-order chi connectivity index (χ0) is 10.6. The van der Waals surface area contributed by atoms with Crippen molar-refractivity contribution in [3.05, 3.63) is 29.3 Å². The summed E-state index contributed by atoms with van der Waals surface area (Å²) in [4.78, 5) is 0. The van der Waals surface area contributed by atoms with Crippen molar-refractivity contribution in [3.8, 4) is 0 Å². The van der Waals surface area contributed by atoms with Gasteiger partial charge >= 0.3 is 7.12 Å². The normalized spacial score (nSPS) is 12.6. The second kappa shape index (κ2) is 5.36. The maximum atomic E-state index is 9.49. The van der Waals surface area contributed by atoms with Crippen molar-refractivity contribution in [2.24, 2.45) is 0 Å². The molecule has 0 radical (unpaired) electrons. The Balaban J connectivity index is 2.60. The zero-order valence-corrected chi connectivity index (χ0v) is 8.61. The number of halogens is 1. The molecule has 0 aliphatic carbocycles. The predicted octanol–water partition coefficient (Wildman–Crippen LogP) is 0.772. The maximum absolute atomic E-state index is 9.49. The van der Waals surface area contributed by atoms with E-state index < -0.39 is 13.4 Å². The molecule has 14 heavy (non-hydrogen) atoms. The van der Waals surface area contributed by atoms with E-state index in [1.165, 1.54) is 0 Å². The van der Waals surface area contributed by atoms with E-state index in [9.17, 15) is 5.02 Å². The fourth-order valence-corrected chi connectivity index (χ4v) is 1.08. The molecule has 0 saturated carbocycles. The Morgan fingerprint density at radius 3 is 2.50 bits per heavy atom. The molecule has 1 aromatic rings. The van der Waals surface area contributed by atoms with Crippen LogP contribution in [0.4, 0.5) is 0 Å². The van der Waals surface area contributed by atoms with E-state index in [1.54, 1.807) is 31.2 Å². The average molecular weight is 214 g/mol. The Bertz CT molecular complexity index is 278. The minimum absolute atomic E-state index is 0.435. The van der Waals surface area contributed by atoms with Gasteiger partial charge in [-0.05, 0) is 24.0 Å². The molecule has 0 bridgehead atoms. The first-order valence-electron chi connectivity index (χ1n) is 4.40. The molecule has 0 aliphatic rings. The summed E-state index contributed by atoms with van der Waals surface area (Å²) in [7, 11) is -1.11. The van der Waals surface area contributed by atoms with Crippen molar-refractivity contribution in [2.45, 2.75) is 19.6 Å². The molecule has 1 aromatic carbocycles. The number of rotatable bonds is 4. The third kappa shape index (κ3) is 3.31. The highest BCUT2D eigenvalue weighted by Crippen LogP contribution is 2.04. The maximum Gasteiger partial charge on any atom is 0.493 e. The largest absolute Gasteiger partial charge is 0.493 e. The van der Waals surface area contributed by atoms with Gasteiger partial charge in [-0.15, -0.1) is 0 Å². The van der Waals surface area contributed by atoms with Crippen LogP contribution in [-0.2, 0) is 4.65 Å². The molecule has 1 rings (SSSR count). The number of hydrogen-bond donors (Lipinski definition) is 2. The molecular weight excluding hydrogens is 202 g/mol. The summed E-state index contributed by atoms with van der Waals surface area (Å²) in [6.07, 6.45) is -0.509. The van der Waals surface area contributed by atoms with Gasteiger partial charge in [0.1, 0.15) is 6.29 Å². The predicted molar refractivity (Wildman–Crippen MR) is 56.4 cm³/mol. The van der Waals surface area contributed by atoms with Crippen LogP contribution in [0.25, 0.3) is 0 Å². The summed E-state index contributed by atoms with van der Waals surface area (Å²) >= 11 is 5.68. The molecule has 0 amide bonds. The summed E-state index contributed by atoms with van der Waals surface area (Å²) < 4.78 is 4.89. The van der Waals surface area contributed by atoms with E-state index in [2.05, 4.69) is 0 Å². The van der Waals surface area contributed by atoms with Crippen LogP contribution in [0.5, 0.6) is 0 Å². The van der Waals surface area contributed by atoms with Gasteiger partial charge in [0, 0.05) is 5.02 Å². The first-order chi connectivity index (χ1) is 6.63. The quantitative estimate of drug-likeness (QED) is 0.575. The van der Waals surface area contributed by atoms with Gasteiger partial charge in [0.2, 0.25) is 0 Å². The van der Waals surface area contributed by atoms with Gasteiger partial charge in [0.05, 0.1) is 0 Å². The summed E-state index contributed by atoms with van der Waals surface area (Å²) in [5.41, 5.74) is 0.571. The lowest BCUT2D eigenvalue weighted by molar-refractivity contribution is -0.0308. The highest BCUT2D eigenvalue weighted by Gasteiger charge is 2.19. The van der Waals surface area contributed by atoms with E-state index in [0.717, 1.165) is 0 Å². The van der Waals surface area contributed by atoms with Crippen LogP contribution in [0.1, 0.15) is 13.3 Å². The van der Waals surface area contributed by atoms with Gasteiger partial charge in [0.15, 0.2) is 0 Å². The molecule has 0 heterocycles. The molecule has 76 valence electrons. The van der Waals surface area contributed by atoms with Gasteiger partial charge < -0.3 is 14.8 Å². The third-order valence-corrected chi connectivity index (χ3v) is 2.04. The standard InChI is InChI=1S/C9H12BClO3/c1-2-9(12)14-10(13)7-3-5-8(11)6-4-7/h3-6,9,12-13H,2H2,1H3. The fraction of sp³-hybridized carbons (Fsp3) is 0.333. The summed E-state index contributed by atoms with van der Waals surface area (Å²) in [6, 6.07) is 6.61. The van der Waals surface area contributed by atoms with E-state index in [0.29, 0.717) is 16.9 Å². The van der Waals surface area contributed by atoms with Crippen LogP contribution in [0.3, 0.4) is 0 Å². The molecule has 3 nitrogen and oxygen atoms in total. The van der Waals surface area contributed by atoms with Gasteiger partial charge in [0.25, 0.3) is 0 Å². The molecule has 0 saturated heterocycles. The second-order valence-corrected chi connectivity index (χ2v) is 3.34. The first kappa shape index (κ1) is 11.5. The van der Waals surface area contributed by atoms with Crippen LogP contribution >= 0.6 is 11.6 Å². The Labute approximate surface area is 88.4 Å². The number of benzene rings is 1. The van der Waals surface area contributed by atoms with Crippen molar-refractivity contribution in [2.75, 3.05) is 0 Å². The zero-order valence-electron chi connectivity index (χ0n) is 7.85. The Morgan fingerprint density at radius 2 is 2.00 bits per heavy atom. The lowest BCUT2D eigenvalue weighted by Crippen LogP contribution is -2.37. The topological polar surface area (TPSA) is 49.7 Å². The monoisotopic (exact) mass is 214 g/mol. The number of hydrogen-bond acceptors (Lipinski definition) is 3. The molecule has 2 N–H and O–H groups in total. The van der Waals surface area contributed by atoms with E-state index in [-0.39, 0.29) is 0 Å². The summed E-state index contributed by atoms with van der Waals surface area (Å²) in [6.45, 7) is 1.76. The summed E-state index contributed by atoms with van der Waals surface area (Å²) in [5, 5.41) is 19.2. The van der Waals surface area contributed by atoms with Crippen LogP contribution in [0, 0.1) is 0 Å². The lowest BCUT2D eigenvalue weighted by atomic mass is 9.79. The fourth-order valence-electron chi connectivity index (χ4n) is 0.951. The van der Waals surface area contributed by atoms with E-state index in [4.69, 9.17) is 21.4 Å². The van der Waals surface area contributed by atoms with Crippen LogP contribution < -0.4 is 5.46 Å². The van der Waals surface area contributed by atoms with Crippen molar-refractivity contribution in [1.29, 1.82) is 0 Å². The second-order valence-electron chi connectivity index (χ2n) is 2.90. The van der Waals surface area contributed by atoms with Crippen molar-refractivity contribution >= 4 is 24.2 Å². The van der Waals surface area contributed by atoms with Crippen LogP contribution in [0.15, 0.2) is 24.3 Å². The van der Waals surface area contributed by atoms with Crippen molar-refractivity contribution in [1.82, 2.24) is 0 Å². The van der Waals surface area contributed by atoms with Crippen molar-refractivity contribution < 1.29 is 14.8 Å². The van der Waals surface area contributed by atoms with Gasteiger partial charge in [-0.2, -0.15) is 0 Å². The van der Waals surface area contributed by atoms with E-state index >= 15 is 0 Å². The van der Waals surface area contributed by atoms with Crippen LogP contribution in [-0.4, -0.2) is 23.5 Å². The van der Waals surface area contributed by atoms with E-state index in [1.807, 2.05) is 0 Å². The Morgan fingerprint density at radius 1 is 1.43 bits per heavy atom. The number of aliphatic hydroxyl groups is 1. The summed E-state index contributed by atoms with van der Waals surface area (Å²) in [5.74, 6) is 0. The minimum atomic E-state index is -1.11. The smallest absolute Gasteiger partial charge is 0.423 e. The molecule has 0 spiro atoms. The lowest BCUT2D eigenvalue weighted by Gasteiger charge is -2.12. The average Bonchev–Trinajstić information content (AvgIpc) is 2.18. The SMILES string of the molecule is CCC(O)OB(O)c1ccc(Cl)cc1. The third-order valence-electron chi connectivity index (χ3n) is 1.79. The molecule has 5 heteroatoms. The number of aliphatic hydroxyl groups excluding tert-OH is 1. The van der Waals surface area contributed by atoms with Gasteiger partial charge in [-0.25, -0.2) is 0 Å². The molecule has 1 unspecified atom stereocenters. The first-order valence-corrected chi connectivity index (χ1v) is 4.78. The Kier molecular flexibility index (Phi) is 4.42. The molecule has 1 atom stereocenters. The molecular formula is C9H12BClO3. The minimum Gasteiger partial charge on any atom is -0.423 e. The highest BCUT2D eigenvalue weighted by atomic mass is 35.5. The van der Waals surface area contributed by atoms with Crippen LogP contribution in [0.2, 0.25) is 5.02 Å². The Hall–Kier alpha value is -0.545. The molecule has 0 fully saturated rings. The van der Waals surface area contributed by atoms with Gasteiger partial charge in [-0.1, -0.05) is 30.7 Å². The molecule has 0 aromatic heterocycles. The van der Waals surface area contributed by atoms with Gasteiger partial charge in [-0.3, -0.25) is 0 Å².